The molecule has 2 aromatic heterocycles. The second-order valence-electron chi connectivity index (χ2n) is 6.23. The molecule has 0 unspecified atom stereocenters. The molecule has 0 bridgehead atoms. The van der Waals surface area contributed by atoms with Crippen molar-refractivity contribution in [2.24, 2.45) is 0 Å². The van der Waals surface area contributed by atoms with Crippen molar-refractivity contribution in [2.45, 2.75) is 13.5 Å². The summed E-state index contributed by atoms with van der Waals surface area (Å²) in [4.78, 5) is 11.1. The molecule has 2 N–H and O–H groups in total. The lowest BCUT2D eigenvalue weighted by atomic mass is 10.3. The number of carbonyl (C=O) groups is 1. The molecule has 1 amide bonds. The van der Waals surface area contributed by atoms with Gasteiger partial charge in [0.2, 0.25) is 5.91 Å². The molecule has 0 aliphatic rings. The van der Waals surface area contributed by atoms with Crippen LogP contribution in [0.15, 0.2) is 60.7 Å². The van der Waals surface area contributed by atoms with Gasteiger partial charge in [0.15, 0.2) is 17.3 Å². The Bertz CT molecular complexity index is 1160. The van der Waals surface area contributed by atoms with E-state index in [-0.39, 0.29) is 12.5 Å². The standard InChI is InChI=1S/C20H17ClN6O2/c1-13(28)22-15-5-7-17(8-6-15)29-12-20-25-24-19-10-9-18(26-27(19)20)23-16-4-2-3-14(21)11-16/h2-11H,12H2,1H3,(H,22,28)(H,23,26). The third-order valence-electron chi connectivity index (χ3n) is 3.97. The Kier molecular flexibility index (Phi) is 5.26. The molecule has 0 aliphatic carbocycles. The molecule has 0 saturated carbocycles. The van der Waals surface area contributed by atoms with Gasteiger partial charge in [-0.1, -0.05) is 17.7 Å². The summed E-state index contributed by atoms with van der Waals surface area (Å²) in [5.41, 5.74) is 2.15. The van der Waals surface area contributed by atoms with Crippen molar-refractivity contribution in [2.75, 3.05) is 10.6 Å². The van der Waals surface area contributed by atoms with Gasteiger partial charge in [-0.05, 0) is 54.6 Å². The number of nitrogens with zero attached hydrogens (tertiary/aromatic N) is 4. The number of rotatable bonds is 6. The molecule has 9 heteroatoms. The molecule has 0 atom stereocenters. The van der Waals surface area contributed by atoms with E-state index in [0.717, 1.165) is 5.69 Å². The Morgan fingerprint density at radius 3 is 2.66 bits per heavy atom. The number of aromatic nitrogens is 4. The lowest BCUT2D eigenvalue weighted by molar-refractivity contribution is -0.114. The number of nitrogens with one attached hydrogen (secondary N) is 2. The Morgan fingerprint density at radius 2 is 1.90 bits per heavy atom. The lowest BCUT2D eigenvalue weighted by Gasteiger charge is -2.08. The average molecular weight is 409 g/mol. The minimum absolute atomic E-state index is 0.123. The van der Waals surface area contributed by atoms with Crippen molar-refractivity contribution in [1.82, 2.24) is 19.8 Å². The van der Waals surface area contributed by atoms with Crippen LogP contribution in [-0.4, -0.2) is 25.7 Å². The van der Waals surface area contributed by atoms with Crippen LogP contribution in [0.5, 0.6) is 5.75 Å². The number of halogens is 1. The predicted octanol–water partition coefficient (Wildman–Crippen LogP) is 4.06. The van der Waals surface area contributed by atoms with Gasteiger partial charge in [0.25, 0.3) is 0 Å². The molecular formula is C20H17ClN6O2. The molecule has 146 valence electrons. The van der Waals surface area contributed by atoms with Crippen molar-refractivity contribution in [3.8, 4) is 5.75 Å². The van der Waals surface area contributed by atoms with Crippen LogP contribution in [0.1, 0.15) is 12.7 Å². The topological polar surface area (TPSA) is 93.4 Å². The number of hydrogen-bond acceptors (Lipinski definition) is 6. The molecule has 0 saturated heterocycles. The van der Waals surface area contributed by atoms with Gasteiger partial charge in [-0.2, -0.15) is 4.52 Å². The van der Waals surface area contributed by atoms with E-state index in [2.05, 4.69) is 25.9 Å². The van der Waals surface area contributed by atoms with Crippen LogP contribution in [-0.2, 0) is 11.4 Å². The largest absolute Gasteiger partial charge is 0.486 e. The molecule has 4 rings (SSSR count). The van der Waals surface area contributed by atoms with Crippen molar-refractivity contribution < 1.29 is 9.53 Å². The number of anilines is 3. The average Bonchev–Trinajstić information content (AvgIpc) is 3.09. The monoisotopic (exact) mass is 408 g/mol. The quantitative estimate of drug-likeness (QED) is 0.499. The van der Waals surface area contributed by atoms with E-state index in [0.29, 0.717) is 33.7 Å². The fourth-order valence-corrected chi connectivity index (χ4v) is 2.88. The van der Waals surface area contributed by atoms with E-state index >= 15 is 0 Å². The summed E-state index contributed by atoms with van der Waals surface area (Å²) in [7, 11) is 0. The zero-order valence-corrected chi connectivity index (χ0v) is 16.2. The smallest absolute Gasteiger partial charge is 0.221 e. The first-order valence-corrected chi connectivity index (χ1v) is 9.19. The highest BCUT2D eigenvalue weighted by atomic mass is 35.5. The number of hydrogen-bond donors (Lipinski definition) is 2. The third-order valence-corrected chi connectivity index (χ3v) is 4.20. The highest BCUT2D eigenvalue weighted by Crippen LogP contribution is 2.20. The summed E-state index contributed by atoms with van der Waals surface area (Å²) in [6.45, 7) is 1.65. The van der Waals surface area contributed by atoms with Crippen molar-refractivity contribution in [1.29, 1.82) is 0 Å². The third kappa shape index (κ3) is 4.61. The Hall–Kier alpha value is -3.65. The van der Waals surface area contributed by atoms with Crippen LogP contribution in [0.2, 0.25) is 5.02 Å². The van der Waals surface area contributed by atoms with Gasteiger partial charge in [-0.3, -0.25) is 4.79 Å². The zero-order valence-electron chi connectivity index (χ0n) is 15.5. The second-order valence-corrected chi connectivity index (χ2v) is 6.67. The number of fused-ring (bicyclic) bond motifs is 1. The molecular weight excluding hydrogens is 392 g/mol. The normalized spacial score (nSPS) is 10.7. The van der Waals surface area contributed by atoms with E-state index < -0.39 is 0 Å². The second kappa shape index (κ2) is 8.15. The number of benzene rings is 2. The maximum absolute atomic E-state index is 11.1. The molecule has 8 nitrogen and oxygen atoms in total. The summed E-state index contributed by atoms with van der Waals surface area (Å²) >= 11 is 6.03. The molecule has 0 aliphatic heterocycles. The van der Waals surface area contributed by atoms with Crippen LogP contribution in [0.3, 0.4) is 0 Å². The Labute approximate surface area is 171 Å². The van der Waals surface area contributed by atoms with Crippen molar-refractivity contribution in [3.05, 3.63) is 71.5 Å². The van der Waals surface area contributed by atoms with Gasteiger partial charge in [0.1, 0.15) is 12.4 Å². The van der Waals surface area contributed by atoms with Crippen LogP contribution in [0.25, 0.3) is 5.65 Å². The van der Waals surface area contributed by atoms with Crippen molar-refractivity contribution >= 4 is 40.3 Å². The number of ether oxygens (including phenoxy) is 1. The lowest BCUT2D eigenvalue weighted by Crippen LogP contribution is -2.06. The van der Waals surface area contributed by atoms with Crippen LogP contribution >= 0.6 is 11.6 Å². The fourth-order valence-electron chi connectivity index (χ4n) is 2.69. The maximum atomic E-state index is 11.1. The summed E-state index contributed by atoms with van der Waals surface area (Å²) < 4.78 is 7.40. The Balaban J connectivity index is 1.48. The summed E-state index contributed by atoms with van der Waals surface area (Å²) in [6.07, 6.45) is 0. The van der Waals surface area contributed by atoms with Gasteiger partial charge in [0.05, 0.1) is 0 Å². The SMILES string of the molecule is CC(=O)Nc1ccc(OCc2nnc3ccc(Nc4cccc(Cl)c4)nn23)cc1. The minimum Gasteiger partial charge on any atom is -0.486 e. The van der Waals surface area contributed by atoms with Gasteiger partial charge < -0.3 is 15.4 Å². The fraction of sp³-hybridized carbons (Fsp3) is 0.100. The van der Waals surface area contributed by atoms with Crippen molar-refractivity contribution in [3.63, 3.8) is 0 Å². The summed E-state index contributed by atoms with van der Waals surface area (Å²) in [5.74, 6) is 1.70. The van der Waals surface area contributed by atoms with Gasteiger partial charge >= 0.3 is 0 Å². The molecule has 2 heterocycles. The zero-order chi connectivity index (χ0) is 20.2. The minimum atomic E-state index is -0.123. The van der Waals surface area contributed by atoms with E-state index in [9.17, 15) is 4.79 Å². The Morgan fingerprint density at radius 1 is 1.07 bits per heavy atom. The molecule has 0 spiro atoms. The summed E-state index contributed by atoms with van der Waals surface area (Å²) in [5, 5.41) is 19.3. The van der Waals surface area contributed by atoms with Gasteiger partial charge in [0, 0.05) is 23.3 Å². The molecule has 0 radical (unpaired) electrons. The van der Waals surface area contributed by atoms with Gasteiger partial charge in [-0.15, -0.1) is 15.3 Å². The van der Waals surface area contributed by atoms with E-state index in [4.69, 9.17) is 16.3 Å². The van der Waals surface area contributed by atoms with E-state index in [1.807, 2.05) is 30.3 Å². The molecule has 29 heavy (non-hydrogen) atoms. The molecule has 0 fully saturated rings. The highest BCUT2D eigenvalue weighted by molar-refractivity contribution is 6.30. The van der Waals surface area contributed by atoms with Crippen LogP contribution in [0, 0.1) is 0 Å². The molecule has 2 aromatic carbocycles. The summed E-state index contributed by atoms with van der Waals surface area (Å²) in [6, 6.07) is 18.1. The maximum Gasteiger partial charge on any atom is 0.221 e. The first-order valence-electron chi connectivity index (χ1n) is 8.81. The number of carbonyl (C=O) groups excluding carboxylic acids is 1. The van der Waals surface area contributed by atoms with Gasteiger partial charge in [-0.25, -0.2) is 0 Å². The molecule has 4 aromatic rings. The van der Waals surface area contributed by atoms with Crippen LogP contribution in [0.4, 0.5) is 17.2 Å². The van der Waals surface area contributed by atoms with E-state index in [1.54, 1.807) is 34.8 Å². The predicted molar refractivity (Wildman–Crippen MR) is 111 cm³/mol. The first-order chi connectivity index (χ1) is 14.1. The number of amides is 1. The first kappa shape index (κ1) is 18.7. The van der Waals surface area contributed by atoms with E-state index in [1.165, 1.54) is 6.92 Å². The van der Waals surface area contributed by atoms with Crippen LogP contribution < -0.4 is 15.4 Å². The highest BCUT2D eigenvalue weighted by Gasteiger charge is 2.09.